The van der Waals surface area contributed by atoms with Crippen LogP contribution in [0.5, 0.6) is 5.75 Å². The molecule has 3 aromatic rings. The number of carbonyl (C=O) groups excluding carboxylic acids is 1. The number of rotatable bonds is 8. The number of hydrogen-bond donors (Lipinski definition) is 0. The lowest BCUT2D eigenvalue weighted by atomic mass is 10.2. The van der Waals surface area contributed by atoms with Crippen LogP contribution in [0.25, 0.3) is 11.4 Å². The van der Waals surface area contributed by atoms with Gasteiger partial charge in [0.25, 0.3) is 0 Å². The number of aromatic nitrogens is 3. The van der Waals surface area contributed by atoms with Crippen LogP contribution < -0.4 is 4.74 Å². The van der Waals surface area contributed by atoms with Gasteiger partial charge in [0, 0.05) is 30.2 Å². The molecule has 3 rings (SSSR count). The molecule has 6 nitrogen and oxygen atoms in total. The highest BCUT2D eigenvalue weighted by atomic mass is 79.9. The van der Waals surface area contributed by atoms with Gasteiger partial charge in [0.05, 0.1) is 12.9 Å². The van der Waals surface area contributed by atoms with Crippen LogP contribution in [0.1, 0.15) is 12.5 Å². The van der Waals surface area contributed by atoms with E-state index in [4.69, 9.17) is 4.74 Å². The highest BCUT2D eigenvalue weighted by Gasteiger charge is 2.16. The number of carbonyl (C=O) groups is 1. The predicted molar refractivity (Wildman–Crippen MR) is 119 cm³/mol. The second-order valence-corrected chi connectivity index (χ2v) is 8.30. The largest absolute Gasteiger partial charge is 0.497 e. The molecule has 0 atom stereocenters. The number of methoxy groups -OCH3 is 1. The van der Waals surface area contributed by atoms with E-state index < -0.39 is 0 Å². The highest BCUT2D eigenvalue weighted by molar-refractivity contribution is 9.10. The molecule has 0 bridgehead atoms. The molecule has 1 heterocycles. The Morgan fingerprint density at radius 2 is 1.83 bits per heavy atom. The highest BCUT2D eigenvalue weighted by Crippen LogP contribution is 2.25. The zero-order valence-electron chi connectivity index (χ0n) is 16.6. The Bertz CT molecular complexity index is 958. The third-order valence-electron chi connectivity index (χ3n) is 4.46. The van der Waals surface area contributed by atoms with E-state index in [-0.39, 0.29) is 5.91 Å². The first kappa shape index (κ1) is 21.4. The lowest BCUT2D eigenvalue weighted by molar-refractivity contribution is -0.127. The minimum absolute atomic E-state index is 0.0505. The van der Waals surface area contributed by atoms with Gasteiger partial charge in [-0.3, -0.25) is 4.79 Å². The molecule has 1 aromatic heterocycles. The SMILES string of the molecule is CCn1c(SCC(=O)N(C)Cc2ccc(Br)cc2)nnc1-c1ccc(OC)cc1. The van der Waals surface area contributed by atoms with Crippen molar-refractivity contribution in [3.8, 4) is 17.1 Å². The number of hydrogen-bond acceptors (Lipinski definition) is 5. The Kier molecular flexibility index (Phi) is 7.33. The van der Waals surface area contributed by atoms with Crippen molar-refractivity contribution in [3.63, 3.8) is 0 Å². The Morgan fingerprint density at radius 1 is 1.14 bits per heavy atom. The van der Waals surface area contributed by atoms with Crippen molar-refractivity contribution in [2.24, 2.45) is 0 Å². The quantitative estimate of drug-likeness (QED) is 0.450. The zero-order valence-corrected chi connectivity index (χ0v) is 19.0. The van der Waals surface area contributed by atoms with Gasteiger partial charge < -0.3 is 14.2 Å². The van der Waals surface area contributed by atoms with Crippen LogP contribution in [-0.4, -0.2) is 45.5 Å². The van der Waals surface area contributed by atoms with Crippen molar-refractivity contribution in [3.05, 3.63) is 58.6 Å². The van der Waals surface area contributed by atoms with E-state index in [0.717, 1.165) is 38.9 Å². The topological polar surface area (TPSA) is 60.2 Å². The standard InChI is InChI=1S/C21H23BrN4O2S/c1-4-26-20(16-7-11-18(28-3)12-8-16)23-24-21(26)29-14-19(27)25(2)13-15-5-9-17(22)10-6-15/h5-12H,4,13-14H2,1-3H3. The van der Waals surface area contributed by atoms with Gasteiger partial charge in [-0.05, 0) is 48.9 Å². The predicted octanol–water partition coefficient (Wildman–Crippen LogP) is 4.49. The van der Waals surface area contributed by atoms with Crippen LogP contribution in [0.2, 0.25) is 0 Å². The summed E-state index contributed by atoms with van der Waals surface area (Å²) in [4.78, 5) is 14.3. The Morgan fingerprint density at radius 3 is 2.45 bits per heavy atom. The Labute approximate surface area is 183 Å². The van der Waals surface area contributed by atoms with Gasteiger partial charge in [0.1, 0.15) is 5.75 Å². The number of ether oxygens (including phenoxy) is 1. The van der Waals surface area contributed by atoms with Gasteiger partial charge in [-0.2, -0.15) is 0 Å². The Balaban J connectivity index is 1.64. The first-order valence-corrected chi connectivity index (χ1v) is 11.0. The summed E-state index contributed by atoms with van der Waals surface area (Å²) in [6, 6.07) is 15.7. The average molecular weight is 475 g/mol. The van der Waals surface area contributed by atoms with Gasteiger partial charge in [-0.15, -0.1) is 10.2 Å². The van der Waals surface area contributed by atoms with Gasteiger partial charge in [-0.1, -0.05) is 39.8 Å². The summed E-state index contributed by atoms with van der Waals surface area (Å²) in [5.41, 5.74) is 2.05. The zero-order chi connectivity index (χ0) is 20.8. The maximum atomic E-state index is 12.6. The summed E-state index contributed by atoms with van der Waals surface area (Å²) in [7, 11) is 3.46. The van der Waals surface area contributed by atoms with Crippen LogP contribution in [0.15, 0.2) is 58.2 Å². The number of nitrogens with zero attached hydrogens (tertiary/aromatic N) is 4. The van der Waals surface area contributed by atoms with E-state index in [9.17, 15) is 4.79 Å². The average Bonchev–Trinajstić information content (AvgIpc) is 3.16. The second kappa shape index (κ2) is 9.93. The number of benzene rings is 2. The lowest BCUT2D eigenvalue weighted by Gasteiger charge is -2.17. The number of amides is 1. The van der Waals surface area contributed by atoms with E-state index in [0.29, 0.717) is 12.3 Å². The monoisotopic (exact) mass is 474 g/mol. The maximum absolute atomic E-state index is 12.6. The van der Waals surface area contributed by atoms with E-state index in [2.05, 4.69) is 26.1 Å². The summed E-state index contributed by atoms with van der Waals surface area (Å²) in [6.07, 6.45) is 0. The molecule has 29 heavy (non-hydrogen) atoms. The molecule has 0 N–H and O–H groups in total. The minimum atomic E-state index is 0.0505. The Hall–Kier alpha value is -2.32. The van der Waals surface area contributed by atoms with Gasteiger partial charge in [0.2, 0.25) is 5.91 Å². The third kappa shape index (κ3) is 5.39. The molecule has 152 valence electrons. The van der Waals surface area contributed by atoms with Crippen molar-refractivity contribution in [1.29, 1.82) is 0 Å². The summed E-state index contributed by atoms with van der Waals surface area (Å²) < 4.78 is 8.26. The van der Waals surface area contributed by atoms with E-state index >= 15 is 0 Å². The van der Waals surface area contributed by atoms with Crippen molar-refractivity contribution in [1.82, 2.24) is 19.7 Å². The fraction of sp³-hybridized carbons (Fsp3) is 0.286. The van der Waals surface area contributed by atoms with Gasteiger partial charge in [-0.25, -0.2) is 0 Å². The fourth-order valence-corrected chi connectivity index (χ4v) is 4.03. The molecule has 0 spiro atoms. The van der Waals surface area contributed by atoms with Crippen molar-refractivity contribution in [2.45, 2.75) is 25.2 Å². The first-order chi connectivity index (χ1) is 14.0. The fourth-order valence-electron chi connectivity index (χ4n) is 2.82. The van der Waals surface area contributed by atoms with Crippen LogP contribution in [0.3, 0.4) is 0 Å². The third-order valence-corrected chi connectivity index (χ3v) is 5.94. The van der Waals surface area contributed by atoms with Gasteiger partial charge in [0.15, 0.2) is 11.0 Å². The van der Waals surface area contributed by atoms with Crippen LogP contribution in [0.4, 0.5) is 0 Å². The molecule has 0 saturated heterocycles. The molecular formula is C21H23BrN4O2S. The van der Waals surface area contributed by atoms with Crippen LogP contribution in [0, 0.1) is 0 Å². The lowest BCUT2D eigenvalue weighted by Crippen LogP contribution is -2.27. The minimum Gasteiger partial charge on any atom is -0.497 e. The van der Waals surface area contributed by atoms with Crippen molar-refractivity contribution < 1.29 is 9.53 Å². The molecule has 0 unspecified atom stereocenters. The summed E-state index contributed by atoms with van der Waals surface area (Å²) in [5.74, 6) is 1.95. The first-order valence-electron chi connectivity index (χ1n) is 9.20. The van der Waals surface area contributed by atoms with Crippen LogP contribution >= 0.6 is 27.7 Å². The molecule has 1 amide bonds. The molecular weight excluding hydrogens is 452 g/mol. The molecule has 0 aliphatic heterocycles. The summed E-state index contributed by atoms with van der Waals surface area (Å²) in [5, 5.41) is 9.37. The molecule has 2 aromatic carbocycles. The summed E-state index contributed by atoms with van der Waals surface area (Å²) in [6.45, 7) is 3.34. The molecule has 0 radical (unpaired) electrons. The molecule has 0 aliphatic rings. The maximum Gasteiger partial charge on any atom is 0.233 e. The van der Waals surface area contributed by atoms with E-state index in [1.165, 1.54) is 11.8 Å². The number of thioether (sulfide) groups is 1. The van der Waals surface area contributed by atoms with E-state index in [1.54, 1.807) is 12.0 Å². The normalized spacial score (nSPS) is 10.8. The van der Waals surface area contributed by atoms with Crippen LogP contribution in [-0.2, 0) is 17.9 Å². The molecule has 0 aliphatic carbocycles. The summed E-state index contributed by atoms with van der Waals surface area (Å²) >= 11 is 4.84. The van der Waals surface area contributed by atoms with E-state index in [1.807, 2.05) is 67.1 Å². The van der Waals surface area contributed by atoms with Crippen molar-refractivity contribution in [2.75, 3.05) is 19.9 Å². The van der Waals surface area contributed by atoms with Gasteiger partial charge >= 0.3 is 0 Å². The molecule has 8 heteroatoms. The second-order valence-electron chi connectivity index (χ2n) is 6.44. The van der Waals surface area contributed by atoms with Crippen molar-refractivity contribution >= 4 is 33.6 Å². The number of halogens is 1. The smallest absolute Gasteiger partial charge is 0.233 e. The molecule has 0 fully saturated rings. The molecule has 0 saturated carbocycles.